The second-order valence-electron chi connectivity index (χ2n) is 5.83. The Morgan fingerprint density at radius 3 is 2.74 bits per heavy atom. The molecule has 0 spiro atoms. The number of likely N-dealkylation sites (tertiary alicyclic amines) is 1. The van der Waals surface area contributed by atoms with Crippen LogP contribution in [0, 0.1) is 5.92 Å². The Hall–Kier alpha value is -1.31. The number of benzene rings is 1. The van der Waals surface area contributed by atoms with Crippen LogP contribution in [-0.4, -0.2) is 36.9 Å². The van der Waals surface area contributed by atoms with E-state index in [4.69, 9.17) is 5.73 Å². The average molecular weight is 430 g/mol. The van der Waals surface area contributed by atoms with Crippen molar-refractivity contribution in [1.82, 2.24) is 10.2 Å². The Morgan fingerprint density at radius 1 is 1.39 bits per heavy atom. The number of carbonyl (C=O) groups excluding carboxylic acids is 1. The molecule has 1 aliphatic rings. The molecule has 1 heterocycles. The second kappa shape index (κ2) is 9.75. The summed E-state index contributed by atoms with van der Waals surface area (Å²) in [5, 5.41) is 3.11. The number of nitrogens with two attached hydrogens (primary N) is 1. The Morgan fingerprint density at radius 2 is 2.09 bits per heavy atom. The number of nitrogens with one attached hydrogen (secondary N) is 1. The number of hydrogen-bond acceptors (Lipinski definition) is 2. The van der Waals surface area contributed by atoms with Crippen LogP contribution in [0.2, 0.25) is 0 Å². The summed E-state index contributed by atoms with van der Waals surface area (Å²) in [6.07, 6.45) is 2.73. The van der Waals surface area contributed by atoms with Crippen LogP contribution < -0.4 is 11.1 Å². The molecule has 6 heteroatoms. The molecule has 1 saturated heterocycles. The molecule has 1 fully saturated rings. The maximum absolute atomic E-state index is 12.1. The van der Waals surface area contributed by atoms with Gasteiger partial charge in [0.25, 0.3) is 0 Å². The highest BCUT2D eigenvalue weighted by Gasteiger charge is 2.38. The van der Waals surface area contributed by atoms with Gasteiger partial charge in [0, 0.05) is 32.5 Å². The van der Waals surface area contributed by atoms with Gasteiger partial charge in [-0.05, 0) is 12.0 Å². The Kier molecular flexibility index (Phi) is 8.36. The van der Waals surface area contributed by atoms with E-state index in [1.165, 1.54) is 0 Å². The van der Waals surface area contributed by atoms with Crippen molar-refractivity contribution >= 4 is 35.8 Å². The van der Waals surface area contributed by atoms with E-state index in [1.807, 2.05) is 30.1 Å². The van der Waals surface area contributed by atoms with E-state index in [0.29, 0.717) is 18.9 Å². The van der Waals surface area contributed by atoms with Gasteiger partial charge in [0.15, 0.2) is 5.96 Å². The van der Waals surface area contributed by atoms with E-state index in [9.17, 15) is 4.79 Å². The molecule has 2 unspecified atom stereocenters. The largest absolute Gasteiger partial charge is 0.370 e. The van der Waals surface area contributed by atoms with Gasteiger partial charge in [-0.15, -0.1) is 24.0 Å². The summed E-state index contributed by atoms with van der Waals surface area (Å²) in [4.78, 5) is 18.3. The molecule has 0 aliphatic carbocycles. The summed E-state index contributed by atoms with van der Waals surface area (Å²) in [5.41, 5.74) is 7.05. The first-order chi connectivity index (χ1) is 10.6. The number of carbonyl (C=O) groups is 1. The predicted octanol–water partition coefficient (Wildman–Crippen LogP) is 2.53. The summed E-state index contributed by atoms with van der Waals surface area (Å²) in [7, 11) is 1.87. The molecule has 23 heavy (non-hydrogen) atoms. The normalized spacial score (nSPS) is 21.2. The van der Waals surface area contributed by atoms with Crippen molar-refractivity contribution in [3.63, 3.8) is 0 Å². The molecule has 3 N–H and O–H groups in total. The SMILES string of the molecule is CCCCNC(N)=NCC1CC(=O)N(C)C1c1ccccc1.I. The van der Waals surface area contributed by atoms with E-state index in [0.717, 1.165) is 24.9 Å². The first-order valence-electron chi connectivity index (χ1n) is 7.98. The lowest BCUT2D eigenvalue weighted by atomic mass is 9.94. The zero-order chi connectivity index (χ0) is 15.9. The van der Waals surface area contributed by atoms with Crippen molar-refractivity contribution in [3.05, 3.63) is 35.9 Å². The number of rotatable bonds is 6. The minimum absolute atomic E-state index is 0. The van der Waals surface area contributed by atoms with Gasteiger partial charge in [-0.25, -0.2) is 0 Å². The molecule has 5 nitrogen and oxygen atoms in total. The van der Waals surface area contributed by atoms with Gasteiger partial charge in [0.05, 0.1) is 6.04 Å². The summed E-state index contributed by atoms with van der Waals surface area (Å²) in [6, 6.07) is 10.2. The van der Waals surface area contributed by atoms with E-state index < -0.39 is 0 Å². The Labute approximate surface area is 155 Å². The average Bonchev–Trinajstić information content (AvgIpc) is 2.81. The molecule has 1 amide bonds. The molecule has 1 aliphatic heterocycles. The summed E-state index contributed by atoms with van der Waals surface area (Å²) in [6.45, 7) is 3.55. The molecule has 0 radical (unpaired) electrons. The van der Waals surface area contributed by atoms with E-state index >= 15 is 0 Å². The molecule has 2 rings (SSSR count). The van der Waals surface area contributed by atoms with Crippen LogP contribution in [0.3, 0.4) is 0 Å². The van der Waals surface area contributed by atoms with Gasteiger partial charge < -0.3 is 16.0 Å². The van der Waals surface area contributed by atoms with Crippen LogP contribution in [0.4, 0.5) is 0 Å². The quantitative estimate of drug-likeness (QED) is 0.316. The van der Waals surface area contributed by atoms with Crippen LogP contribution in [-0.2, 0) is 4.79 Å². The highest BCUT2D eigenvalue weighted by atomic mass is 127. The van der Waals surface area contributed by atoms with Crippen LogP contribution in [0.1, 0.15) is 37.8 Å². The third kappa shape index (κ3) is 5.37. The molecular weight excluding hydrogens is 403 g/mol. The fourth-order valence-electron chi connectivity index (χ4n) is 2.93. The topological polar surface area (TPSA) is 70.7 Å². The predicted molar refractivity (Wildman–Crippen MR) is 105 cm³/mol. The van der Waals surface area contributed by atoms with E-state index in [-0.39, 0.29) is 41.8 Å². The zero-order valence-electron chi connectivity index (χ0n) is 13.9. The number of amides is 1. The zero-order valence-corrected chi connectivity index (χ0v) is 16.2. The molecule has 0 saturated carbocycles. The number of guanidine groups is 1. The Bertz CT molecular complexity index is 521. The fraction of sp³-hybridized carbons (Fsp3) is 0.529. The molecule has 2 atom stereocenters. The minimum Gasteiger partial charge on any atom is -0.370 e. The van der Waals surface area contributed by atoms with Gasteiger partial charge in [0.1, 0.15) is 0 Å². The van der Waals surface area contributed by atoms with Crippen LogP contribution in [0.25, 0.3) is 0 Å². The van der Waals surface area contributed by atoms with Crippen LogP contribution >= 0.6 is 24.0 Å². The third-order valence-corrected chi connectivity index (χ3v) is 4.17. The standard InChI is InChI=1S/C17H26N4O.HI/c1-3-4-10-19-17(18)20-12-14-11-15(22)21(2)16(14)13-8-6-5-7-9-13;/h5-9,14,16H,3-4,10-12H2,1-2H3,(H3,18,19,20);1H. The highest BCUT2D eigenvalue weighted by molar-refractivity contribution is 14.0. The lowest BCUT2D eigenvalue weighted by Gasteiger charge is -2.24. The third-order valence-electron chi connectivity index (χ3n) is 4.17. The van der Waals surface area contributed by atoms with Crippen molar-refractivity contribution in [1.29, 1.82) is 0 Å². The number of nitrogens with zero attached hydrogens (tertiary/aromatic N) is 2. The van der Waals surface area contributed by atoms with Crippen molar-refractivity contribution in [3.8, 4) is 0 Å². The summed E-state index contributed by atoms with van der Waals surface area (Å²) in [5.74, 6) is 0.820. The van der Waals surface area contributed by atoms with Crippen LogP contribution in [0.5, 0.6) is 0 Å². The van der Waals surface area contributed by atoms with Crippen LogP contribution in [0.15, 0.2) is 35.3 Å². The first-order valence-corrected chi connectivity index (χ1v) is 7.98. The molecule has 0 bridgehead atoms. The van der Waals surface area contributed by atoms with Gasteiger partial charge in [-0.1, -0.05) is 43.7 Å². The smallest absolute Gasteiger partial charge is 0.223 e. The van der Waals surface area contributed by atoms with Crippen molar-refractivity contribution in [2.45, 2.75) is 32.2 Å². The Balaban J connectivity index is 0.00000264. The lowest BCUT2D eigenvalue weighted by molar-refractivity contribution is -0.127. The summed E-state index contributed by atoms with van der Waals surface area (Å²) >= 11 is 0. The van der Waals surface area contributed by atoms with Crippen molar-refractivity contribution in [2.75, 3.05) is 20.1 Å². The van der Waals surface area contributed by atoms with Gasteiger partial charge in [-0.3, -0.25) is 9.79 Å². The monoisotopic (exact) mass is 430 g/mol. The van der Waals surface area contributed by atoms with E-state index in [2.05, 4.69) is 29.4 Å². The molecular formula is C17H27IN4O. The number of halogens is 1. The molecule has 1 aromatic rings. The fourth-order valence-corrected chi connectivity index (χ4v) is 2.93. The van der Waals surface area contributed by atoms with Crippen molar-refractivity contribution in [2.24, 2.45) is 16.6 Å². The number of unbranched alkanes of at least 4 members (excludes halogenated alkanes) is 1. The maximum atomic E-state index is 12.1. The van der Waals surface area contributed by atoms with Gasteiger partial charge >= 0.3 is 0 Å². The van der Waals surface area contributed by atoms with Gasteiger partial charge in [0.2, 0.25) is 5.91 Å². The molecule has 1 aromatic carbocycles. The maximum Gasteiger partial charge on any atom is 0.223 e. The second-order valence-corrected chi connectivity index (χ2v) is 5.83. The minimum atomic E-state index is 0. The number of aliphatic imine (C=N–C) groups is 1. The first kappa shape index (κ1) is 19.7. The number of hydrogen-bond donors (Lipinski definition) is 2. The highest BCUT2D eigenvalue weighted by Crippen LogP contribution is 2.36. The van der Waals surface area contributed by atoms with E-state index in [1.54, 1.807) is 0 Å². The van der Waals surface area contributed by atoms with Crippen molar-refractivity contribution < 1.29 is 4.79 Å². The summed E-state index contributed by atoms with van der Waals surface area (Å²) < 4.78 is 0. The lowest BCUT2D eigenvalue weighted by Crippen LogP contribution is -2.33. The molecule has 0 aromatic heterocycles. The molecule has 128 valence electrons. The van der Waals surface area contributed by atoms with Gasteiger partial charge in [-0.2, -0.15) is 0 Å².